The SMILES string of the molecule is Cc1ccc2c(CC(C)N)[nH]nc2c1. The van der Waals surface area contributed by atoms with E-state index in [4.69, 9.17) is 5.73 Å². The molecule has 1 heterocycles. The number of fused-ring (bicyclic) bond motifs is 1. The average Bonchev–Trinajstić information content (AvgIpc) is 2.47. The molecule has 0 amide bonds. The Morgan fingerprint density at radius 3 is 3.00 bits per heavy atom. The van der Waals surface area contributed by atoms with Crippen molar-refractivity contribution in [2.45, 2.75) is 26.3 Å². The lowest BCUT2D eigenvalue weighted by atomic mass is 10.1. The van der Waals surface area contributed by atoms with Crippen molar-refractivity contribution in [2.24, 2.45) is 5.73 Å². The van der Waals surface area contributed by atoms with Gasteiger partial charge in [0, 0.05) is 23.5 Å². The van der Waals surface area contributed by atoms with Crippen molar-refractivity contribution in [3.05, 3.63) is 29.5 Å². The van der Waals surface area contributed by atoms with Crippen LogP contribution in [0.15, 0.2) is 18.2 Å². The minimum Gasteiger partial charge on any atom is -0.328 e. The quantitative estimate of drug-likeness (QED) is 0.756. The average molecular weight is 189 g/mol. The largest absolute Gasteiger partial charge is 0.328 e. The van der Waals surface area contributed by atoms with Crippen molar-refractivity contribution in [2.75, 3.05) is 0 Å². The van der Waals surface area contributed by atoms with Gasteiger partial charge in [0.2, 0.25) is 0 Å². The monoisotopic (exact) mass is 189 g/mol. The molecule has 1 aromatic heterocycles. The van der Waals surface area contributed by atoms with E-state index in [0.29, 0.717) is 0 Å². The molecule has 74 valence electrons. The van der Waals surface area contributed by atoms with Crippen LogP contribution in [0.3, 0.4) is 0 Å². The zero-order chi connectivity index (χ0) is 10.1. The fourth-order valence-electron chi connectivity index (χ4n) is 1.65. The first kappa shape index (κ1) is 9.21. The molecule has 3 nitrogen and oxygen atoms in total. The molecule has 2 aromatic rings. The lowest BCUT2D eigenvalue weighted by molar-refractivity contribution is 0.722. The maximum Gasteiger partial charge on any atom is 0.0926 e. The van der Waals surface area contributed by atoms with E-state index in [9.17, 15) is 0 Å². The predicted molar refractivity (Wildman–Crippen MR) is 58.2 cm³/mol. The first-order valence-electron chi connectivity index (χ1n) is 4.86. The van der Waals surface area contributed by atoms with Crippen molar-refractivity contribution < 1.29 is 0 Å². The van der Waals surface area contributed by atoms with Crippen LogP contribution >= 0.6 is 0 Å². The zero-order valence-corrected chi connectivity index (χ0v) is 8.54. The molecule has 0 aliphatic heterocycles. The van der Waals surface area contributed by atoms with E-state index in [1.165, 1.54) is 10.9 Å². The molecule has 1 aromatic carbocycles. The van der Waals surface area contributed by atoms with Gasteiger partial charge in [0.15, 0.2) is 0 Å². The topological polar surface area (TPSA) is 54.7 Å². The number of hydrogen-bond donors (Lipinski definition) is 2. The number of rotatable bonds is 2. The van der Waals surface area contributed by atoms with Gasteiger partial charge < -0.3 is 5.73 Å². The third kappa shape index (κ3) is 1.63. The number of nitrogens with zero attached hydrogens (tertiary/aromatic N) is 1. The Kier molecular flexibility index (Phi) is 2.25. The Bertz CT molecular complexity index is 443. The molecule has 0 bridgehead atoms. The molecule has 1 unspecified atom stereocenters. The molecule has 0 aliphatic carbocycles. The fraction of sp³-hybridized carbons (Fsp3) is 0.364. The summed E-state index contributed by atoms with van der Waals surface area (Å²) in [6, 6.07) is 6.45. The van der Waals surface area contributed by atoms with Gasteiger partial charge in [-0.1, -0.05) is 12.1 Å². The minimum atomic E-state index is 0.167. The highest BCUT2D eigenvalue weighted by Crippen LogP contribution is 2.17. The van der Waals surface area contributed by atoms with Gasteiger partial charge in [-0.2, -0.15) is 5.10 Å². The highest BCUT2D eigenvalue weighted by atomic mass is 15.1. The normalized spacial score (nSPS) is 13.4. The van der Waals surface area contributed by atoms with Crippen molar-refractivity contribution in [1.29, 1.82) is 0 Å². The van der Waals surface area contributed by atoms with E-state index in [-0.39, 0.29) is 6.04 Å². The zero-order valence-electron chi connectivity index (χ0n) is 8.54. The number of hydrogen-bond acceptors (Lipinski definition) is 2. The Morgan fingerprint density at radius 1 is 1.50 bits per heavy atom. The van der Waals surface area contributed by atoms with Gasteiger partial charge in [-0.05, 0) is 25.5 Å². The van der Waals surface area contributed by atoms with Crippen LogP contribution < -0.4 is 5.73 Å². The second kappa shape index (κ2) is 3.42. The van der Waals surface area contributed by atoms with Crippen LogP contribution in [0.4, 0.5) is 0 Å². The molecule has 0 spiro atoms. The summed E-state index contributed by atoms with van der Waals surface area (Å²) in [4.78, 5) is 0. The van der Waals surface area contributed by atoms with Crippen molar-refractivity contribution in [1.82, 2.24) is 10.2 Å². The molecule has 0 radical (unpaired) electrons. The van der Waals surface area contributed by atoms with E-state index in [1.54, 1.807) is 0 Å². The summed E-state index contributed by atoms with van der Waals surface area (Å²) in [6.07, 6.45) is 0.847. The van der Waals surface area contributed by atoms with Crippen LogP contribution in [0.25, 0.3) is 10.9 Å². The standard InChI is InChI=1S/C11H15N3/c1-7-3-4-9-10(5-7)13-14-11(9)6-8(2)12/h3-5,8H,6,12H2,1-2H3,(H,13,14). The second-order valence-electron chi connectivity index (χ2n) is 3.90. The van der Waals surface area contributed by atoms with Gasteiger partial charge in [0.25, 0.3) is 0 Å². The smallest absolute Gasteiger partial charge is 0.0926 e. The molecule has 0 saturated heterocycles. The van der Waals surface area contributed by atoms with Gasteiger partial charge in [-0.15, -0.1) is 0 Å². The molecule has 2 rings (SSSR count). The highest BCUT2D eigenvalue weighted by molar-refractivity contribution is 5.81. The van der Waals surface area contributed by atoms with Crippen molar-refractivity contribution >= 4 is 10.9 Å². The summed E-state index contributed by atoms with van der Waals surface area (Å²) in [7, 11) is 0. The summed E-state index contributed by atoms with van der Waals surface area (Å²) >= 11 is 0. The third-order valence-electron chi connectivity index (χ3n) is 2.32. The summed E-state index contributed by atoms with van der Waals surface area (Å²) < 4.78 is 0. The molecule has 14 heavy (non-hydrogen) atoms. The number of benzene rings is 1. The number of nitrogens with one attached hydrogen (secondary N) is 1. The Balaban J connectivity index is 2.47. The predicted octanol–water partition coefficient (Wildman–Crippen LogP) is 1.76. The van der Waals surface area contributed by atoms with Crippen molar-refractivity contribution in [3.8, 4) is 0 Å². The molecule has 3 heteroatoms. The van der Waals surface area contributed by atoms with Crippen LogP contribution in [0, 0.1) is 6.92 Å². The van der Waals surface area contributed by atoms with Crippen LogP contribution in [-0.2, 0) is 6.42 Å². The van der Waals surface area contributed by atoms with Crippen LogP contribution in [-0.4, -0.2) is 16.2 Å². The Morgan fingerprint density at radius 2 is 2.29 bits per heavy atom. The van der Waals surface area contributed by atoms with Crippen LogP contribution in [0.1, 0.15) is 18.2 Å². The molecular weight excluding hydrogens is 174 g/mol. The van der Waals surface area contributed by atoms with E-state index >= 15 is 0 Å². The number of aromatic amines is 1. The molecule has 0 aliphatic rings. The van der Waals surface area contributed by atoms with E-state index in [2.05, 4.69) is 35.3 Å². The summed E-state index contributed by atoms with van der Waals surface area (Å²) in [5, 5.41) is 8.48. The van der Waals surface area contributed by atoms with E-state index < -0.39 is 0 Å². The summed E-state index contributed by atoms with van der Waals surface area (Å²) in [6.45, 7) is 4.07. The minimum absolute atomic E-state index is 0.167. The molecule has 3 N–H and O–H groups in total. The van der Waals surface area contributed by atoms with Gasteiger partial charge in [0.1, 0.15) is 0 Å². The van der Waals surface area contributed by atoms with E-state index in [0.717, 1.165) is 17.6 Å². The van der Waals surface area contributed by atoms with Crippen molar-refractivity contribution in [3.63, 3.8) is 0 Å². The lowest BCUT2D eigenvalue weighted by Crippen LogP contribution is -2.18. The molecule has 0 saturated carbocycles. The Labute approximate surface area is 83.3 Å². The Hall–Kier alpha value is -1.35. The summed E-state index contributed by atoms with van der Waals surface area (Å²) in [5.74, 6) is 0. The fourth-order valence-corrected chi connectivity index (χ4v) is 1.65. The molecule has 0 fully saturated rings. The maximum absolute atomic E-state index is 5.76. The van der Waals surface area contributed by atoms with Crippen LogP contribution in [0.2, 0.25) is 0 Å². The highest BCUT2D eigenvalue weighted by Gasteiger charge is 2.06. The van der Waals surface area contributed by atoms with Gasteiger partial charge in [-0.25, -0.2) is 0 Å². The second-order valence-corrected chi connectivity index (χ2v) is 3.90. The lowest BCUT2D eigenvalue weighted by Gasteiger charge is -2.02. The first-order chi connectivity index (χ1) is 6.66. The van der Waals surface area contributed by atoms with Gasteiger partial charge >= 0.3 is 0 Å². The summed E-state index contributed by atoms with van der Waals surface area (Å²) in [5.41, 5.74) is 9.15. The molecule has 1 atom stereocenters. The number of H-pyrrole nitrogens is 1. The third-order valence-corrected chi connectivity index (χ3v) is 2.32. The van der Waals surface area contributed by atoms with E-state index in [1.807, 2.05) is 6.92 Å². The number of aromatic nitrogens is 2. The van der Waals surface area contributed by atoms with Gasteiger partial charge in [0.05, 0.1) is 5.52 Å². The molecular formula is C11H15N3. The number of aryl methyl sites for hydroxylation is 1. The first-order valence-corrected chi connectivity index (χ1v) is 4.86. The number of nitrogens with two attached hydrogens (primary N) is 1. The van der Waals surface area contributed by atoms with Crippen LogP contribution in [0.5, 0.6) is 0 Å². The van der Waals surface area contributed by atoms with Gasteiger partial charge in [-0.3, -0.25) is 5.10 Å². The maximum atomic E-state index is 5.76.